The highest BCUT2D eigenvalue weighted by atomic mass is 16.5. The fourth-order valence-electron chi connectivity index (χ4n) is 4.81. The molecular formula is C29H21NO7. The van der Waals surface area contributed by atoms with Crippen molar-refractivity contribution in [1.82, 2.24) is 4.98 Å². The van der Waals surface area contributed by atoms with Crippen LogP contribution >= 0.6 is 0 Å². The van der Waals surface area contributed by atoms with Crippen molar-refractivity contribution in [2.45, 2.75) is 12.3 Å². The van der Waals surface area contributed by atoms with E-state index in [0.29, 0.717) is 39.5 Å². The smallest absolute Gasteiger partial charge is 0.312 e. The molecule has 3 aromatic carbocycles. The second kappa shape index (κ2) is 8.67. The summed E-state index contributed by atoms with van der Waals surface area (Å²) < 4.78 is 22.0. The first kappa shape index (κ1) is 22.6. The first-order valence-electron chi connectivity index (χ1n) is 11.6. The van der Waals surface area contributed by atoms with Crippen LogP contribution in [0.3, 0.4) is 0 Å². The molecule has 2 aliphatic rings. The molecule has 6 rings (SSSR count). The van der Waals surface area contributed by atoms with Crippen molar-refractivity contribution in [2.24, 2.45) is 0 Å². The molecule has 8 heteroatoms. The first-order valence-corrected chi connectivity index (χ1v) is 11.6. The van der Waals surface area contributed by atoms with E-state index in [4.69, 9.17) is 18.9 Å². The number of ether oxygens (including phenoxy) is 4. The van der Waals surface area contributed by atoms with E-state index in [1.165, 1.54) is 0 Å². The number of fused-ring (bicyclic) bond motifs is 4. The maximum absolute atomic E-state index is 13.2. The van der Waals surface area contributed by atoms with Crippen LogP contribution in [0.1, 0.15) is 39.4 Å². The summed E-state index contributed by atoms with van der Waals surface area (Å²) in [6.07, 6.45) is 1.58. The third-order valence-corrected chi connectivity index (χ3v) is 6.65. The minimum Gasteiger partial charge on any atom is -0.497 e. The zero-order chi connectivity index (χ0) is 25.7. The number of esters is 1. The number of aromatic nitrogens is 1. The van der Waals surface area contributed by atoms with Gasteiger partial charge in [-0.3, -0.25) is 14.4 Å². The minimum atomic E-state index is -0.658. The van der Waals surface area contributed by atoms with E-state index in [1.807, 2.05) is 18.2 Å². The molecule has 0 saturated heterocycles. The lowest BCUT2D eigenvalue weighted by Gasteiger charge is -2.26. The monoisotopic (exact) mass is 495 g/mol. The predicted molar refractivity (Wildman–Crippen MR) is 136 cm³/mol. The van der Waals surface area contributed by atoms with E-state index < -0.39 is 11.9 Å². The molecule has 1 atom stereocenters. The van der Waals surface area contributed by atoms with Gasteiger partial charge in [0.1, 0.15) is 23.0 Å². The van der Waals surface area contributed by atoms with Gasteiger partial charge in [-0.25, -0.2) is 0 Å². The first-order chi connectivity index (χ1) is 17.9. The number of H-pyrrole nitrogens is 1. The zero-order valence-electron chi connectivity index (χ0n) is 20.0. The second-order valence-corrected chi connectivity index (χ2v) is 8.80. The van der Waals surface area contributed by atoms with Gasteiger partial charge in [-0.2, -0.15) is 0 Å². The standard InChI is InChI=1S/C29H21NO7/c1-34-17-6-3-15(4-7-17)11-24-27(32)19-9-10-23-26(28(19)37-24)20(14-25(31)36-23)21-12-16-5-8-18(35-2)13-22(16)30-29(21)33/h3-13,20H,14H2,1-2H3,(H,30,33)/b24-11+. The Labute approximate surface area is 211 Å². The fraction of sp³-hybridized carbons (Fsp3) is 0.138. The largest absolute Gasteiger partial charge is 0.497 e. The van der Waals surface area contributed by atoms with Gasteiger partial charge in [0.2, 0.25) is 5.78 Å². The van der Waals surface area contributed by atoms with Gasteiger partial charge in [-0.1, -0.05) is 12.1 Å². The van der Waals surface area contributed by atoms with Crippen molar-refractivity contribution in [3.05, 3.63) is 99.0 Å². The molecule has 1 N–H and O–H groups in total. The molecule has 8 nitrogen and oxygen atoms in total. The normalized spacial score (nSPS) is 17.2. The van der Waals surface area contributed by atoms with Crippen LogP contribution in [0.15, 0.2) is 71.2 Å². The summed E-state index contributed by atoms with van der Waals surface area (Å²) in [6.45, 7) is 0. The number of pyridine rings is 1. The molecule has 0 bridgehead atoms. The maximum atomic E-state index is 13.2. The number of rotatable bonds is 4. The second-order valence-electron chi connectivity index (χ2n) is 8.80. The maximum Gasteiger partial charge on any atom is 0.312 e. The lowest BCUT2D eigenvalue weighted by molar-refractivity contribution is -0.135. The van der Waals surface area contributed by atoms with E-state index >= 15 is 0 Å². The number of hydrogen-bond donors (Lipinski definition) is 1. The van der Waals surface area contributed by atoms with Crippen LogP contribution < -0.4 is 24.5 Å². The van der Waals surface area contributed by atoms with E-state index in [2.05, 4.69) is 4.98 Å². The summed E-state index contributed by atoms with van der Waals surface area (Å²) in [5.74, 6) is 0.610. The Balaban J connectivity index is 1.46. The van der Waals surface area contributed by atoms with Crippen molar-refractivity contribution in [1.29, 1.82) is 0 Å². The molecule has 0 saturated carbocycles. The van der Waals surface area contributed by atoms with Crippen molar-refractivity contribution < 1.29 is 28.5 Å². The van der Waals surface area contributed by atoms with Crippen LogP contribution in [0.5, 0.6) is 23.0 Å². The molecule has 0 amide bonds. The quantitative estimate of drug-likeness (QED) is 0.251. The van der Waals surface area contributed by atoms with Gasteiger partial charge in [0.25, 0.3) is 5.56 Å². The molecule has 1 unspecified atom stereocenters. The van der Waals surface area contributed by atoms with Gasteiger partial charge >= 0.3 is 5.97 Å². The SMILES string of the molecule is COc1ccc(/C=C2/Oc3c(ccc4c3C(c3cc5ccc(OC)cc5[nH]c3=O)CC(=O)O4)C2=O)cc1. The average molecular weight is 495 g/mol. The van der Waals surface area contributed by atoms with Crippen LogP contribution in [0.4, 0.5) is 0 Å². The molecular weight excluding hydrogens is 474 g/mol. The number of carbonyl (C=O) groups excluding carboxylic acids is 2. The summed E-state index contributed by atoms with van der Waals surface area (Å²) in [5, 5.41) is 0.778. The average Bonchev–Trinajstić information content (AvgIpc) is 3.22. The lowest BCUT2D eigenvalue weighted by atomic mass is 9.85. The zero-order valence-corrected chi connectivity index (χ0v) is 20.0. The molecule has 0 spiro atoms. The van der Waals surface area contributed by atoms with Gasteiger partial charge in [-0.05, 0) is 59.5 Å². The number of Topliss-reactive ketones (excluding diaryl/α,β-unsaturated/α-hetero) is 1. The Morgan fingerprint density at radius 1 is 0.892 bits per heavy atom. The summed E-state index contributed by atoms with van der Waals surface area (Å²) in [6, 6.07) is 17.5. The Hall–Kier alpha value is -4.85. The summed E-state index contributed by atoms with van der Waals surface area (Å²) >= 11 is 0. The lowest BCUT2D eigenvalue weighted by Crippen LogP contribution is -2.26. The molecule has 0 fully saturated rings. The molecule has 3 heterocycles. The highest BCUT2D eigenvalue weighted by Crippen LogP contribution is 2.48. The Bertz CT molecular complexity index is 1680. The number of ketones is 1. The number of allylic oxidation sites excluding steroid dienone is 1. The van der Waals surface area contributed by atoms with Gasteiger partial charge in [0.05, 0.1) is 31.7 Å². The van der Waals surface area contributed by atoms with E-state index in [1.54, 1.807) is 62.8 Å². The molecule has 0 radical (unpaired) electrons. The molecule has 184 valence electrons. The Morgan fingerprint density at radius 2 is 1.65 bits per heavy atom. The third-order valence-electron chi connectivity index (χ3n) is 6.65. The molecule has 2 aliphatic heterocycles. The Kier molecular flexibility index (Phi) is 5.30. The van der Waals surface area contributed by atoms with Gasteiger partial charge < -0.3 is 23.9 Å². The van der Waals surface area contributed by atoms with Gasteiger partial charge in [0.15, 0.2) is 5.76 Å². The number of methoxy groups -OCH3 is 2. The van der Waals surface area contributed by atoms with E-state index in [0.717, 1.165) is 10.9 Å². The van der Waals surface area contributed by atoms with Crippen molar-refractivity contribution >= 4 is 28.7 Å². The minimum absolute atomic E-state index is 0.0662. The number of carbonyl (C=O) groups is 2. The molecule has 4 aromatic rings. The summed E-state index contributed by atoms with van der Waals surface area (Å²) in [5.41, 5.74) is 2.26. The fourth-order valence-corrected chi connectivity index (χ4v) is 4.81. The van der Waals surface area contributed by atoms with Gasteiger partial charge in [0, 0.05) is 23.1 Å². The van der Waals surface area contributed by atoms with Crippen molar-refractivity contribution in [3.63, 3.8) is 0 Å². The summed E-state index contributed by atoms with van der Waals surface area (Å²) in [7, 11) is 3.13. The summed E-state index contributed by atoms with van der Waals surface area (Å²) in [4.78, 5) is 41.8. The molecule has 1 aromatic heterocycles. The topological polar surface area (TPSA) is 104 Å². The van der Waals surface area contributed by atoms with Crippen LogP contribution in [0, 0.1) is 0 Å². The van der Waals surface area contributed by atoms with Crippen molar-refractivity contribution in [3.8, 4) is 23.0 Å². The van der Waals surface area contributed by atoms with Crippen LogP contribution in [0.2, 0.25) is 0 Å². The number of benzene rings is 3. The predicted octanol–water partition coefficient (Wildman–Crippen LogP) is 4.60. The Morgan fingerprint density at radius 3 is 2.41 bits per heavy atom. The van der Waals surface area contributed by atoms with Crippen LogP contribution in [-0.4, -0.2) is 31.0 Å². The number of hydrogen-bond acceptors (Lipinski definition) is 7. The van der Waals surface area contributed by atoms with E-state index in [9.17, 15) is 14.4 Å². The third kappa shape index (κ3) is 3.83. The van der Waals surface area contributed by atoms with Gasteiger partial charge in [-0.15, -0.1) is 0 Å². The molecule has 37 heavy (non-hydrogen) atoms. The molecule has 0 aliphatic carbocycles. The number of aromatic amines is 1. The van der Waals surface area contributed by atoms with E-state index in [-0.39, 0.29) is 29.3 Å². The number of nitrogens with one attached hydrogen (secondary N) is 1. The van der Waals surface area contributed by atoms with Crippen LogP contribution in [-0.2, 0) is 4.79 Å². The highest BCUT2D eigenvalue weighted by Gasteiger charge is 2.39. The van der Waals surface area contributed by atoms with Crippen molar-refractivity contribution in [2.75, 3.05) is 14.2 Å². The van der Waals surface area contributed by atoms with Crippen LogP contribution in [0.25, 0.3) is 17.0 Å². The highest BCUT2D eigenvalue weighted by molar-refractivity contribution is 6.15.